The number of rotatable bonds is 11. The summed E-state index contributed by atoms with van der Waals surface area (Å²) in [7, 11) is 1.67. The first kappa shape index (κ1) is 23.0. The van der Waals surface area contributed by atoms with Crippen LogP contribution in [0.4, 0.5) is 0 Å². The zero-order chi connectivity index (χ0) is 22.8. The summed E-state index contributed by atoms with van der Waals surface area (Å²) in [4.78, 5) is 16.1. The second-order valence-electron chi connectivity index (χ2n) is 7.40. The molecule has 0 spiro atoms. The van der Waals surface area contributed by atoms with Crippen LogP contribution in [0.25, 0.3) is 11.1 Å². The summed E-state index contributed by atoms with van der Waals surface area (Å²) in [5.74, 6) is 0.0368. The summed E-state index contributed by atoms with van der Waals surface area (Å²) >= 11 is 0. The predicted octanol–water partition coefficient (Wildman–Crippen LogP) is 4.87. The zero-order valence-corrected chi connectivity index (χ0v) is 18.4. The molecular formula is C26H28N2O4. The van der Waals surface area contributed by atoms with E-state index in [1.54, 1.807) is 7.11 Å². The first-order valence-electron chi connectivity index (χ1n) is 10.5. The quantitative estimate of drug-likeness (QED) is 0.257. The molecule has 0 atom stereocenters. The molecule has 0 radical (unpaired) electrons. The maximum absolute atomic E-state index is 10.5. The van der Waals surface area contributed by atoms with Gasteiger partial charge in [-0.15, -0.1) is 0 Å². The summed E-state index contributed by atoms with van der Waals surface area (Å²) < 4.78 is 5.29. The second-order valence-corrected chi connectivity index (χ2v) is 7.40. The summed E-state index contributed by atoms with van der Waals surface area (Å²) in [6.45, 7) is 3.38. The van der Waals surface area contributed by atoms with Gasteiger partial charge >= 0.3 is 5.97 Å². The first-order chi connectivity index (χ1) is 15.5. The van der Waals surface area contributed by atoms with Crippen LogP contribution in [0.3, 0.4) is 0 Å². The number of nitrogens with zero attached hydrogens (tertiary/aromatic N) is 1. The van der Waals surface area contributed by atoms with Crippen molar-refractivity contribution in [1.29, 1.82) is 0 Å². The minimum Gasteiger partial charge on any atom is -0.497 e. The van der Waals surface area contributed by atoms with Gasteiger partial charge in [-0.05, 0) is 46.9 Å². The molecule has 0 fully saturated rings. The Hall–Kier alpha value is -3.64. The number of carbonyl (C=O) groups is 1. The molecule has 3 aromatic rings. The van der Waals surface area contributed by atoms with E-state index in [0.29, 0.717) is 19.7 Å². The number of methoxy groups -OCH3 is 1. The number of benzene rings is 3. The molecule has 6 heteroatoms. The van der Waals surface area contributed by atoms with E-state index in [4.69, 9.17) is 14.7 Å². The molecule has 6 nitrogen and oxygen atoms in total. The molecule has 3 rings (SSSR count). The van der Waals surface area contributed by atoms with Crippen molar-refractivity contribution in [2.75, 3.05) is 13.7 Å². The van der Waals surface area contributed by atoms with Gasteiger partial charge in [0.05, 0.1) is 19.2 Å². The summed E-state index contributed by atoms with van der Waals surface area (Å²) in [6.07, 6.45) is 0.116. The van der Waals surface area contributed by atoms with Gasteiger partial charge in [0, 0.05) is 13.1 Å². The maximum atomic E-state index is 10.5. The second kappa shape index (κ2) is 11.7. The van der Waals surface area contributed by atoms with Crippen molar-refractivity contribution >= 4 is 11.7 Å². The Morgan fingerprint density at radius 3 is 2.38 bits per heavy atom. The van der Waals surface area contributed by atoms with E-state index in [0.717, 1.165) is 39.3 Å². The fourth-order valence-corrected chi connectivity index (χ4v) is 3.14. The Kier molecular flexibility index (Phi) is 8.40. The molecule has 0 aliphatic heterocycles. The molecule has 0 aliphatic carbocycles. The molecule has 166 valence electrons. The largest absolute Gasteiger partial charge is 0.497 e. The Morgan fingerprint density at radius 2 is 1.69 bits per heavy atom. The lowest BCUT2D eigenvalue weighted by Gasteiger charge is -2.07. The van der Waals surface area contributed by atoms with Gasteiger partial charge in [0.25, 0.3) is 0 Å². The third kappa shape index (κ3) is 6.96. The Balaban J connectivity index is 1.50. The average Bonchev–Trinajstić information content (AvgIpc) is 2.82. The van der Waals surface area contributed by atoms with E-state index in [9.17, 15) is 4.79 Å². The van der Waals surface area contributed by atoms with Gasteiger partial charge < -0.3 is 20.0 Å². The van der Waals surface area contributed by atoms with E-state index in [1.807, 2.05) is 61.5 Å². The molecule has 0 saturated heterocycles. The standard InChI is InChI=1S/C26H28N2O4/c1-19(22-10-6-20(7-11-22)17-27-15-14-26(29)30)28-32-18-21-8-12-23(13-9-21)24-4-3-5-25(16-24)31-2/h3-13,16,27H,14-15,17-18H2,1-2H3,(H,29,30). The zero-order valence-electron chi connectivity index (χ0n) is 18.4. The van der Waals surface area contributed by atoms with Gasteiger partial charge in [-0.1, -0.05) is 65.8 Å². The van der Waals surface area contributed by atoms with Crippen molar-refractivity contribution in [2.45, 2.75) is 26.5 Å². The van der Waals surface area contributed by atoms with Gasteiger partial charge in [0.15, 0.2) is 0 Å². The minimum atomic E-state index is -0.799. The number of hydrogen-bond acceptors (Lipinski definition) is 5. The molecule has 3 aromatic carbocycles. The lowest BCUT2D eigenvalue weighted by atomic mass is 10.0. The lowest BCUT2D eigenvalue weighted by molar-refractivity contribution is -0.136. The van der Waals surface area contributed by atoms with Crippen molar-refractivity contribution in [3.63, 3.8) is 0 Å². The topological polar surface area (TPSA) is 80.2 Å². The van der Waals surface area contributed by atoms with Gasteiger partial charge in [0.2, 0.25) is 0 Å². The first-order valence-corrected chi connectivity index (χ1v) is 10.5. The smallest absolute Gasteiger partial charge is 0.304 e. The Bertz CT molecular complexity index is 1040. The van der Waals surface area contributed by atoms with Crippen molar-refractivity contribution in [1.82, 2.24) is 5.32 Å². The SMILES string of the molecule is COc1cccc(-c2ccc(CON=C(C)c3ccc(CNCCC(=O)O)cc3)cc2)c1. The molecule has 0 unspecified atom stereocenters. The van der Waals surface area contributed by atoms with Crippen LogP contribution >= 0.6 is 0 Å². The van der Waals surface area contributed by atoms with E-state index < -0.39 is 5.97 Å². The van der Waals surface area contributed by atoms with Gasteiger partial charge in [0.1, 0.15) is 12.4 Å². The molecule has 32 heavy (non-hydrogen) atoms. The van der Waals surface area contributed by atoms with Crippen LogP contribution in [-0.2, 0) is 22.8 Å². The van der Waals surface area contributed by atoms with E-state index in [-0.39, 0.29) is 6.42 Å². The highest BCUT2D eigenvalue weighted by molar-refractivity contribution is 5.98. The van der Waals surface area contributed by atoms with Crippen LogP contribution in [0.15, 0.2) is 78.0 Å². The Labute approximate surface area is 188 Å². The van der Waals surface area contributed by atoms with Crippen molar-refractivity contribution in [3.8, 4) is 16.9 Å². The van der Waals surface area contributed by atoms with E-state index in [1.165, 1.54) is 0 Å². The summed E-state index contributed by atoms with van der Waals surface area (Å²) in [5.41, 5.74) is 6.12. The number of carboxylic acid groups (broad SMARTS) is 1. The molecule has 0 aliphatic rings. The van der Waals surface area contributed by atoms with Crippen molar-refractivity contribution < 1.29 is 19.5 Å². The van der Waals surface area contributed by atoms with Crippen molar-refractivity contribution in [2.24, 2.45) is 5.16 Å². The molecule has 0 amide bonds. The fraction of sp³-hybridized carbons (Fsp3) is 0.231. The van der Waals surface area contributed by atoms with Crippen molar-refractivity contribution in [3.05, 3.63) is 89.5 Å². The highest BCUT2D eigenvalue weighted by Crippen LogP contribution is 2.24. The monoisotopic (exact) mass is 432 g/mol. The third-order valence-corrected chi connectivity index (χ3v) is 5.01. The van der Waals surface area contributed by atoms with Crippen LogP contribution in [0.5, 0.6) is 5.75 Å². The molecule has 2 N–H and O–H groups in total. The molecule has 0 aromatic heterocycles. The Morgan fingerprint density at radius 1 is 0.969 bits per heavy atom. The van der Waals surface area contributed by atoms with Crippen LogP contribution in [-0.4, -0.2) is 30.4 Å². The minimum absolute atomic E-state index is 0.116. The molecule has 0 heterocycles. The fourth-order valence-electron chi connectivity index (χ4n) is 3.14. The van der Waals surface area contributed by atoms with Crippen LogP contribution in [0, 0.1) is 0 Å². The summed E-state index contributed by atoms with van der Waals surface area (Å²) in [6, 6.07) is 24.1. The lowest BCUT2D eigenvalue weighted by Crippen LogP contribution is -2.17. The number of hydrogen-bond donors (Lipinski definition) is 2. The normalized spacial score (nSPS) is 11.2. The summed E-state index contributed by atoms with van der Waals surface area (Å²) in [5, 5.41) is 16.0. The number of aliphatic carboxylic acids is 1. The third-order valence-electron chi connectivity index (χ3n) is 5.01. The van der Waals surface area contributed by atoms with E-state index >= 15 is 0 Å². The van der Waals surface area contributed by atoms with Crippen LogP contribution < -0.4 is 10.1 Å². The number of carboxylic acids is 1. The maximum Gasteiger partial charge on any atom is 0.304 e. The highest BCUT2D eigenvalue weighted by atomic mass is 16.6. The van der Waals surface area contributed by atoms with Crippen LogP contribution in [0.1, 0.15) is 30.0 Å². The predicted molar refractivity (Wildman–Crippen MR) is 126 cm³/mol. The van der Waals surface area contributed by atoms with Gasteiger partial charge in [-0.2, -0.15) is 0 Å². The van der Waals surface area contributed by atoms with E-state index in [2.05, 4.69) is 28.7 Å². The average molecular weight is 433 g/mol. The molecular weight excluding hydrogens is 404 g/mol. The van der Waals surface area contributed by atoms with Crippen LogP contribution in [0.2, 0.25) is 0 Å². The molecule has 0 bridgehead atoms. The number of oxime groups is 1. The highest BCUT2D eigenvalue weighted by Gasteiger charge is 2.03. The molecule has 0 saturated carbocycles. The number of ether oxygens (including phenoxy) is 1. The van der Waals surface area contributed by atoms with Gasteiger partial charge in [-0.3, -0.25) is 4.79 Å². The van der Waals surface area contributed by atoms with Gasteiger partial charge in [-0.25, -0.2) is 0 Å². The number of nitrogens with one attached hydrogen (secondary N) is 1.